The monoisotopic (exact) mass is 362 g/mol. The van der Waals surface area contributed by atoms with E-state index in [1.165, 1.54) is 0 Å². The molecule has 1 heterocycles. The highest BCUT2D eigenvalue weighted by molar-refractivity contribution is 5.94. The first-order valence-electron chi connectivity index (χ1n) is 8.32. The van der Waals surface area contributed by atoms with Crippen LogP contribution in [0.4, 0.5) is 4.79 Å². The van der Waals surface area contributed by atoms with Crippen LogP contribution in [0.5, 0.6) is 5.75 Å². The fraction of sp³-hybridized carbons (Fsp3) is 0.389. The number of para-hydroxylation sites is 1. The molecular formula is C18H22N2O6. The summed E-state index contributed by atoms with van der Waals surface area (Å²) in [4.78, 5) is 35.6. The van der Waals surface area contributed by atoms with Crippen molar-refractivity contribution in [3.05, 3.63) is 41.6 Å². The van der Waals surface area contributed by atoms with Crippen molar-refractivity contribution in [2.24, 2.45) is 0 Å². The molecule has 2 rings (SSSR count). The maximum atomic E-state index is 12.1. The molecule has 8 nitrogen and oxygen atoms in total. The Morgan fingerprint density at radius 2 is 1.88 bits per heavy atom. The van der Waals surface area contributed by atoms with E-state index in [0.29, 0.717) is 5.75 Å². The largest absolute Gasteiger partial charge is 0.493 e. The van der Waals surface area contributed by atoms with Gasteiger partial charge in [0.25, 0.3) is 0 Å². The van der Waals surface area contributed by atoms with Gasteiger partial charge in [-0.3, -0.25) is 4.79 Å². The highest BCUT2D eigenvalue weighted by Crippen LogP contribution is 2.15. The number of hydrogen-bond donors (Lipinski definition) is 2. The van der Waals surface area contributed by atoms with Gasteiger partial charge in [-0.2, -0.15) is 0 Å². The molecule has 2 N–H and O–H groups in total. The van der Waals surface area contributed by atoms with Crippen molar-refractivity contribution in [1.82, 2.24) is 10.6 Å². The number of rotatable bonds is 8. The number of hydrogen-bond acceptors (Lipinski definition) is 6. The Labute approximate surface area is 151 Å². The number of carbonyl (C=O) groups excluding carboxylic acids is 3. The summed E-state index contributed by atoms with van der Waals surface area (Å²) < 4.78 is 15.6. The summed E-state index contributed by atoms with van der Waals surface area (Å²) >= 11 is 0. The van der Waals surface area contributed by atoms with E-state index in [9.17, 15) is 14.4 Å². The van der Waals surface area contributed by atoms with Crippen LogP contribution in [0, 0.1) is 0 Å². The van der Waals surface area contributed by atoms with Crippen molar-refractivity contribution in [2.45, 2.75) is 26.3 Å². The predicted octanol–water partition coefficient (Wildman–Crippen LogP) is 1.52. The second-order valence-electron chi connectivity index (χ2n) is 5.51. The molecular weight excluding hydrogens is 340 g/mol. The van der Waals surface area contributed by atoms with Crippen LogP contribution in [0.15, 0.2) is 41.6 Å². The molecule has 2 amide bonds. The SMILES string of the molecule is CCOC(=O)C1=C(COC(=O)CCOc2ccccc2)NC(=O)N[C@H]1C. The minimum atomic E-state index is -0.564. The van der Waals surface area contributed by atoms with Crippen LogP contribution in [0.1, 0.15) is 20.3 Å². The number of benzene rings is 1. The average Bonchev–Trinajstić information content (AvgIpc) is 2.60. The Morgan fingerprint density at radius 1 is 1.15 bits per heavy atom. The van der Waals surface area contributed by atoms with Crippen LogP contribution in [0.3, 0.4) is 0 Å². The van der Waals surface area contributed by atoms with Crippen molar-refractivity contribution >= 4 is 18.0 Å². The second-order valence-corrected chi connectivity index (χ2v) is 5.51. The number of esters is 2. The highest BCUT2D eigenvalue weighted by atomic mass is 16.5. The summed E-state index contributed by atoms with van der Waals surface area (Å²) in [5.41, 5.74) is 0.455. The third-order valence-electron chi connectivity index (χ3n) is 3.56. The van der Waals surface area contributed by atoms with E-state index in [1.807, 2.05) is 18.2 Å². The lowest BCUT2D eigenvalue weighted by Crippen LogP contribution is -2.50. The Bertz CT molecular complexity index is 686. The lowest BCUT2D eigenvalue weighted by molar-refractivity contribution is -0.144. The van der Waals surface area contributed by atoms with Crippen LogP contribution >= 0.6 is 0 Å². The first kappa shape index (κ1) is 19.3. The lowest BCUT2D eigenvalue weighted by atomic mass is 10.0. The summed E-state index contributed by atoms with van der Waals surface area (Å²) in [6.07, 6.45) is 0.0403. The van der Waals surface area contributed by atoms with Gasteiger partial charge >= 0.3 is 18.0 Å². The molecule has 0 aromatic heterocycles. The van der Waals surface area contributed by atoms with Gasteiger partial charge in [-0.1, -0.05) is 18.2 Å². The van der Waals surface area contributed by atoms with E-state index < -0.39 is 24.0 Å². The first-order valence-corrected chi connectivity index (χ1v) is 8.32. The fourth-order valence-corrected chi connectivity index (χ4v) is 2.39. The van der Waals surface area contributed by atoms with Crippen LogP contribution < -0.4 is 15.4 Å². The van der Waals surface area contributed by atoms with E-state index in [0.717, 1.165) is 0 Å². The van der Waals surface area contributed by atoms with Crippen molar-refractivity contribution < 1.29 is 28.6 Å². The van der Waals surface area contributed by atoms with E-state index in [2.05, 4.69) is 10.6 Å². The van der Waals surface area contributed by atoms with Crippen LogP contribution in [-0.4, -0.2) is 43.8 Å². The van der Waals surface area contributed by atoms with Crippen LogP contribution in [0.2, 0.25) is 0 Å². The summed E-state index contributed by atoms with van der Waals surface area (Å²) in [6, 6.07) is 8.09. The molecule has 140 valence electrons. The number of urea groups is 1. The van der Waals surface area contributed by atoms with Crippen molar-refractivity contribution in [3.8, 4) is 5.75 Å². The van der Waals surface area contributed by atoms with Gasteiger partial charge in [-0.05, 0) is 26.0 Å². The van der Waals surface area contributed by atoms with Gasteiger partial charge < -0.3 is 24.8 Å². The summed E-state index contributed by atoms with van der Waals surface area (Å²) in [7, 11) is 0. The van der Waals surface area contributed by atoms with E-state index in [4.69, 9.17) is 14.2 Å². The molecule has 1 aromatic carbocycles. The lowest BCUT2D eigenvalue weighted by Gasteiger charge is -2.26. The number of carbonyl (C=O) groups is 3. The maximum absolute atomic E-state index is 12.1. The molecule has 0 unspecified atom stereocenters. The van der Waals surface area contributed by atoms with Gasteiger partial charge in [-0.25, -0.2) is 9.59 Å². The third kappa shape index (κ3) is 5.51. The van der Waals surface area contributed by atoms with Gasteiger partial charge in [-0.15, -0.1) is 0 Å². The van der Waals surface area contributed by atoms with Gasteiger partial charge in [0.1, 0.15) is 12.4 Å². The molecule has 1 aliphatic rings. The maximum Gasteiger partial charge on any atom is 0.338 e. The van der Waals surface area contributed by atoms with Gasteiger partial charge in [0.05, 0.1) is 36.9 Å². The molecule has 0 saturated carbocycles. The molecule has 26 heavy (non-hydrogen) atoms. The Morgan fingerprint density at radius 3 is 2.58 bits per heavy atom. The minimum Gasteiger partial charge on any atom is -0.493 e. The molecule has 0 radical (unpaired) electrons. The van der Waals surface area contributed by atoms with Crippen LogP contribution in [0.25, 0.3) is 0 Å². The zero-order chi connectivity index (χ0) is 18.9. The molecule has 1 aromatic rings. The highest BCUT2D eigenvalue weighted by Gasteiger charge is 2.30. The topological polar surface area (TPSA) is 103 Å². The van der Waals surface area contributed by atoms with Crippen LogP contribution in [-0.2, 0) is 19.1 Å². The summed E-state index contributed by atoms with van der Waals surface area (Å²) in [6.45, 7) is 3.48. The molecule has 0 fully saturated rings. The molecule has 1 aliphatic heterocycles. The third-order valence-corrected chi connectivity index (χ3v) is 3.56. The van der Waals surface area contributed by atoms with E-state index in [-0.39, 0.29) is 37.5 Å². The Balaban J connectivity index is 1.89. The fourth-order valence-electron chi connectivity index (χ4n) is 2.39. The van der Waals surface area contributed by atoms with Crippen molar-refractivity contribution in [1.29, 1.82) is 0 Å². The smallest absolute Gasteiger partial charge is 0.338 e. The molecule has 8 heteroatoms. The van der Waals surface area contributed by atoms with Crippen molar-refractivity contribution in [2.75, 3.05) is 19.8 Å². The summed E-state index contributed by atoms with van der Waals surface area (Å²) in [5, 5.41) is 5.06. The quantitative estimate of drug-likeness (QED) is 0.680. The Hall–Kier alpha value is -3.03. The molecule has 0 spiro atoms. The minimum absolute atomic E-state index is 0.0403. The average molecular weight is 362 g/mol. The number of nitrogens with one attached hydrogen (secondary N) is 2. The zero-order valence-electron chi connectivity index (χ0n) is 14.7. The zero-order valence-corrected chi connectivity index (χ0v) is 14.7. The molecule has 0 saturated heterocycles. The molecule has 0 bridgehead atoms. The molecule has 0 aliphatic carbocycles. The van der Waals surface area contributed by atoms with Crippen molar-refractivity contribution in [3.63, 3.8) is 0 Å². The standard InChI is InChI=1S/C18H22N2O6/c1-3-24-17(22)16-12(2)19-18(23)20-14(16)11-26-15(21)9-10-25-13-7-5-4-6-8-13/h4-8,12H,3,9-11H2,1-2H3,(H2,19,20,23)/t12-/m0/s1. The first-order chi connectivity index (χ1) is 12.5. The van der Waals surface area contributed by atoms with Gasteiger partial charge in [0, 0.05) is 0 Å². The molecule has 1 atom stereocenters. The van der Waals surface area contributed by atoms with E-state index in [1.54, 1.807) is 26.0 Å². The van der Waals surface area contributed by atoms with Gasteiger partial charge in [0.15, 0.2) is 0 Å². The Kier molecular flexibility index (Phi) is 7.02. The normalized spacial score (nSPS) is 16.4. The summed E-state index contributed by atoms with van der Waals surface area (Å²) in [5.74, 6) is -0.407. The van der Waals surface area contributed by atoms with E-state index >= 15 is 0 Å². The second kappa shape index (κ2) is 9.45. The number of amides is 2. The predicted molar refractivity (Wildman–Crippen MR) is 92.3 cm³/mol. The number of ether oxygens (including phenoxy) is 3. The van der Waals surface area contributed by atoms with Gasteiger partial charge in [0.2, 0.25) is 0 Å².